The summed E-state index contributed by atoms with van der Waals surface area (Å²) in [7, 11) is 0. The maximum atomic E-state index is 2.60. The standard InChI is InChI=1S/C44H38B2N2/c1-43(2,3)27-18-21-29(22-19-27)45-32-12-7-9-16-37(32)48-39-25-23-30-31-26-28(44(4,5)6)20-24-36(31)47-38-17-10-8-13-33(38)46(40(39)41(30)47)35-15-11-14-34(45)42(35)48/h7-26H,1-6H3. The number of nitrogens with zero attached hydrogens (tertiary/aromatic N) is 2. The highest BCUT2D eigenvalue weighted by Crippen LogP contribution is 2.43. The minimum atomic E-state index is 0.0773. The van der Waals surface area contributed by atoms with Gasteiger partial charge in [-0.1, -0.05) is 138 Å². The van der Waals surface area contributed by atoms with E-state index in [1.54, 1.807) is 0 Å². The van der Waals surface area contributed by atoms with Crippen LogP contribution in [0.3, 0.4) is 0 Å². The van der Waals surface area contributed by atoms with Crippen LogP contribution in [0.15, 0.2) is 121 Å². The first-order valence-corrected chi connectivity index (χ1v) is 17.4. The maximum absolute atomic E-state index is 2.60. The molecule has 0 unspecified atom stereocenters. The quantitative estimate of drug-likeness (QED) is 0.184. The molecule has 3 aliphatic heterocycles. The zero-order valence-electron chi connectivity index (χ0n) is 28.6. The number of para-hydroxylation sites is 3. The van der Waals surface area contributed by atoms with Gasteiger partial charge in [0, 0.05) is 33.5 Å². The lowest BCUT2D eigenvalue weighted by molar-refractivity contribution is 0.590. The van der Waals surface area contributed by atoms with Gasteiger partial charge < -0.3 is 9.47 Å². The van der Waals surface area contributed by atoms with Crippen LogP contribution >= 0.6 is 0 Å². The highest BCUT2D eigenvalue weighted by molar-refractivity contribution is 7.03. The summed E-state index contributed by atoms with van der Waals surface area (Å²) in [6, 6.07) is 46.7. The number of anilines is 3. The van der Waals surface area contributed by atoms with Gasteiger partial charge in [-0.25, -0.2) is 0 Å². The minimum Gasteiger partial charge on any atom is -0.312 e. The topological polar surface area (TPSA) is 8.17 Å². The van der Waals surface area contributed by atoms with Crippen molar-refractivity contribution < 1.29 is 0 Å². The van der Waals surface area contributed by atoms with Crippen LogP contribution in [-0.4, -0.2) is 18.0 Å². The van der Waals surface area contributed by atoms with Gasteiger partial charge in [-0.15, -0.1) is 0 Å². The average molecular weight is 616 g/mol. The summed E-state index contributed by atoms with van der Waals surface area (Å²) in [6.45, 7) is 14.1. The monoisotopic (exact) mass is 616 g/mol. The van der Waals surface area contributed by atoms with Crippen LogP contribution in [0.5, 0.6) is 0 Å². The Kier molecular flexibility index (Phi) is 5.47. The van der Waals surface area contributed by atoms with Crippen LogP contribution in [-0.2, 0) is 10.8 Å². The molecule has 48 heavy (non-hydrogen) atoms. The number of fused-ring (bicyclic) bond motifs is 10. The van der Waals surface area contributed by atoms with Crippen molar-refractivity contribution in [3.8, 4) is 5.69 Å². The molecule has 3 aliphatic rings. The van der Waals surface area contributed by atoms with Gasteiger partial charge in [-0.3, -0.25) is 0 Å². The van der Waals surface area contributed by atoms with E-state index < -0.39 is 0 Å². The Morgan fingerprint density at radius 1 is 0.479 bits per heavy atom. The first kappa shape index (κ1) is 28.1. The molecule has 7 aromatic rings. The molecule has 0 N–H and O–H groups in total. The summed E-state index contributed by atoms with van der Waals surface area (Å²) in [5.41, 5.74) is 19.1. The molecule has 2 nitrogen and oxygen atoms in total. The average Bonchev–Trinajstić information content (AvgIpc) is 3.42. The summed E-state index contributed by atoms with van der Waals surface area (Å²) in [5, 5.41) is 2.68. The van der Waals surface area contributed by atoms with Crippen molar-refractivity contribution in [1.82, 2.24) is 4.57 Å². The van der Waals surface area contributed by atoms with Crippen LogP contribution in [0.2, 0.25) is 0 Å². The zero-order valence-corrected chi connectivity index (χ0v) is 28.6. The van der Waals surface area contributed by atoms with Gasteiger partial charge in [0.1, 0.15) is 0 Å². The number of benzene rings is 6. The van der Waals surface area contributed by atoms with Crippen LogP contribution < -0.4 is 37.7 Å². The molecular weight excluding hydrogens is 578 g/mol. The molecule has 0 amide bonds. The number of rotatable bonds is 1. The van der Waals surface area contributed by atoms with Crippen molar-refractivity contribution >= 4 is 85.1 Å². The van der Waals surface area contributed by atoms with Crippen molar-refractivity contribution in [1.29, 1.82) is 0 Å². The molecule has 6 aromatic carbocycles. The van der Waals surface area contributed by atoms with Crippen LogP contribution in [0, 0.1) is 0 Å². The van der Waals surface area contributed by atoms with Gasteiger partial charge in [-0.2, -0.15) is 0 Å². The van der Waals surface area contributed by atoms with E-state index in [1.165, 1.54) is 88.5 Å². The number of hydrogen-bond donors (Lipinski definition) is 0. The third-order valence-corrected chi connectivity index (χ3v) is 11.4. The van der Waals surface area contributed by atoms with Gasteiger partial charge in [0.25, 0.3) is 6.71 Å². The fraction of sp³-hybridized carbons (Fsp3) is 0.182. The van der Waals surface area contributed by atoms with Crippen molar-refractivity contribution in [3.63, 3.8) is 0 Å². The summed E-state index contributed by atoms with van der Waals surface area (Å²) in [4.78, 5) is 2.60. The predicted molar refractivity (Wildman–Crippen MR) is 209 cm³/mol. The fourth-order valence-corrected chi connectivity index (χ4v) is 9.05. The Bertz CT molecular complexity index is 2490. The molecule has 0 spiro atoms. The van der Waals surface area contributed by atoms with Crippen LogP contribution in [0.25, 0.3) is 27.5 Å². The van der Waals surface area contributed by atoms with Crippen molar-refractivity contribution in [2.75, 3.05) is 4.90 Å². The summed E-state index contributed by atoms with van der Waals surface area (Å²) >= 11 is 0. The lowest BCUT2D eigenvalue weighted by atomic mass is 9.30. The van der Waals surface area contributed by atoms with E-state index >= 15 is 0 Å². The van der Waals surface area contributed by atoms with Gasteiger partial charge in [0.15, 0.2) is 0 Å². The SMILES string of the molecule is CC(C)(C)c1ccc(B2c3ccccc3N3c4ccc5c6cc(C(C)(C)C)ccc6n6c5c4B(c4ccccc4-6)c4cccc2c43)cc1. The van der Waals surface area contributed by atoms with Crippen molar-refractivity contribution in [2.24, 2.45) is 0 Å². The maximum Gasteiger partial charge on any atom is 0.252 e. The number of aromatic nitrogens is 1. The highest BCUT2D eigenvalue weighted by Gasteiger charge is 2.46. The third kappa shape index (κ3) is 3.61. The second-order valence-corrected chi connectivity index (χ2v) is 16.2. The molecule has 0 aliphatic carbocycles. The minimum absolute atomic E-state index is 0.0773. The van der Waals surface area contributed by atoms with Gasteiger partial charge in [-0.05, 0) is 79.6 Å². The molecule has 1 aromatic heterocycles. The van der Waals surface area contributed by atoms with E-state index in [2.05, 4.69) is 172 Å². The Morgan fingerprint density at radius 2 is 1.08 bits per heavy atom. The molecular formula is C44H38B2N2. The van der Waals surface area contributed by atoms with E-state index in [0.29, 0.717) is 0 Å². The molecule has 10 rings (SSSR count). The molecule has 0 bridgehead atoms. The van der Waals surface area contributed by atoms with E-state index in [9.17, 15) is 0 Å². The second-order valence-electron chi connectivity index (χ2n) is 16.2. The molecule has 4 heteroatoms. The molecule has 230 valence electrons. The third-order valence-electron chi connectivity index (χ3n) is 11.4. The predicted octanol–water partition coefficient (Wildman–Crippen LogP) is 6.82. The van der Waals surface area contributed by atoms with Crippen LogP contribution in [0.1, 0.15) is 52.7 Å². The van der Waals surface area contributed by atoms with Gasteiger partial charge in [0.2, 0.25) is 6.71 Å². The lowest BCUT2D eigenvalue weighted by Crippen LogP contribution is -2.66. The molecule has 0 saturated carbocycles. The molecule has 0 atom stereocenters. The second kappa shape index (κ2) is 9.35. The Morgan fingerprint density at radius 3 is 1.79 bits per heavy atom. The van der Waals surface area contributed by atoms with E-state index in [1.807, 2.05) is 0 Å². The summed E-state index contributed by atoms with van der Waals surface area (Å²) in [6.07, 6.45) is 0. The summed E-state index contributed by atoms with van der Waals surface area (Å²) in [5.74, 6) is 0. The summed E-state index contributed by atoms with van der Waals surface area (Å²) < 4.78 is 2.56. The largest absolute Gasteiger partial charge is 0.312 e. The van der Waals surface area contributed by atoms with E-state index in [0.717, 1.165) is 0 Å². The Labute approximate surface area is 284 Å². The fourth-order valence-electron chi connectivity index (χ4n) is 9.05. The van der Waals surface area contributed by atoms with E-state index in [4.69, 9.17) is 0 Å². The Hall–Kier alpha value is -4.95. The van der Waals surface area contributed by atoms with Crippen molar-refractivity contribution in [2.45, 2.75) is 52.4 Å². The molecule has 0 saturated heterocycles. The van der Waals surface area contributed by atoms with Gasteiger partial charge >= 0.3 is 0 Å². The molecule has 4 heterocycles. The van der Waals surface area contributed by atoms with E-state index in [-0.39, 0.29) is 24.3 Å². The Balaban J connectivity index is 1.30. The molecule has 0 fully saturated rings. The van der Waals surface area contributed by atoms with Crippen LogP contribution in [0.4, 0.5) is 17.1 Å². The first-order valence-electron chi connectivity index (χ1n) is 17.4. The van der Waals surface area contributed by atoms with Crippen molar-refractivity contribution in [3.05, 3.63) is 132 Å². The number of hydrogen-bond acceptors (Lipinski definition) is 1. The normalized spacial score (nSPS) is 14.3. The molecule has 0 radical (unpaired) electrons. The highest BCUT2D eigenvalue weighted by atomic mass is 15.2. The zero-order chi connectivity index (χ0) is 32.7. The first-order chi connectivity index (χ1) is 23.1. The van der Waals surface area contributed by atoms with Gasteiger partial charge in [0.05, 0.1) is 11.0 Å². The smallest absolute Gasteiger partial charge is 0.252 e. The lowest BCUT2D eigenvalue weighted by Gasteiger charge is -2.45.